The average Bonchev–Trinajstić information content (AvgIpc) is 2.46. The summed E-state index contributed by atoms with van der Waals surface area (Å²) in [6.45, 7) is 0.0794. The van der Waals surface area contributed by atoms with E-state index in [1.54, 1.807) is 24.3 Å². The van der Waals surface area contributed by atoms with Gasteiger partial charge in [-0.25, -0.2) is 13.1 Å². The second-order valence-corrected chi connectivity index (χ2v) is 6.79. The van der Waals surface area contributed by atoms with Crippen LogP contribution in [-0.4, -0.2) is 8.42 Å². The SMILES string of the molecule is N#Cc1ccc(Cl)c(S(=O)(=O)NCc2cccc(Cl)c2)c1. The number of benzene rings is 2. The van der Waals surface area contributed by atoms with E-state index in [0.717, 1.165) is 5.56 Å². The number of hydrogen-bond acceptors (Lipinski definition) is 3. The average molecular weight is 341 g/mol. The molecule has 2 aromatic carbocycles. The third-order valence-electron chi connectivity index (χ3n) is 2.71. The number of hydrogen-bond donors (Lipinski definition) is 1. The molecule has 0 aliphatic heterocycles. The topological polar surface area (TPSA) is 70.0 Å². The molecule has 21 heavy (non-hydrogen) atoms. The monoisotopic (exact) mass is 340 g/mol. The van der Waals surface area contributed by atoms with Crippen LogP contribution in [0.3, 0.4) is 0 Å². The molecule has 0 amide bonds. The van der Waals surface area contributed by atoms with Crippen LogP contribution in [0.4, 0.5) is 0 Å². The van der Waals surface area contributed by atoms with Gasteiger partial charge in [0.2, 0.25) is 10.0 Å². The number of nitrogens with zero attached hydrogens (tertiary/aromatic N) is 1. The summed E-state index contributed by atoms with van der Waals surface area (Å²) in [5.41, 5.74) is 0.946. The molecule has 0 aliphatic carbocycles. The normalized spacial score (nSPS) is 11.1. The highest BCUT2D eigenvalue weighted by molar-refractivity contribution is 7.89. The Kier molecular flexibility index (Phi) is 4.86. The van der Waals surface area contributed by atoms with Gasteiger partial charge in [0.15, 0.2) is 0 Å². The van der Waals surface area contributed by atoms with E-state index in [1.165, 1.54) is 18.2 Å². The Morgan fingerprint density at radius 2 is 1.90 bits per heavy atom. The van der Waals surface area contributed by atoms with Crippen LogP contribution in [-0.2, 0) is 16.6 Å². The van der Waals surface area contributed by atoms with Crippen LogP contribution in [0.5, 0.6) is 0 Å². The third kappa shape index (κ3) is 3.96. The molecule has 0 heterocycles. The van der Waals surface area contributed by atoms with Crippen molar-refractivity contribution in [3.63, 3.8) is 0 Å². The van der Waals surface area contributed by atoms with Crippen molar-refractivity contribution in [2.75, 3.05) is 0 Å². The quantitative estimate of drug-likeness (QED) is 0.927. The van der Waals surface area contributed by atoms with Gasteiger partial charge >= 0.3 is 0 Å². The van der Waals surface area contributed by atoms with E-state index < -0.39 is 10.0 Å². The molecule has 4 nitrogen and oxygen atoms in total. The van der Waals surface area contributed by atoms with E-state index in [4.69, 9.17) is 28.5 Å². The lowest BCUT2D eigenvalue weighted by Gasteiger charge is -2.09. The maximum Gasteiger partial charge on any atom is 0.242 e. The maximum absolute atomic E-state index is 12.2. The van der Waals surface area contributed by atoms with Crippen molar-refractivity contribution in [1.82, 2.24) is 4.72 Å². The zero-order valence-electron chi connectivity index (χ0n) is 10.7. The van der Waals surface area contributed by atoms with Gasteiger partial charge in [-0.1, -0.05) is 35.3 Å². The Morgan fingerprint density at radius 1 is 1.14 bits per heavy atom. The molecule has 0 saturated heterocycles. The van der Waals surface area contributed by atoms with Crippen molar-refractivity contribution >= 4 is 33.2 Å². The van der Waals surface area contributed by atoms with Crippen molar-refractivity contribution in [3.05, 3.63) is 63.6 Å². The first-order valence-electron chi connectivity index (χ1n) is 5.86. The number of rotatable bonds is 4. The fraction of sp³-hybridized carbons (Fsp3) is 0.0714. The van der Waals surface area contributed by atoms with Crippen molar-refractivity contribution < 1.29 is 8.42 Å². The molecule has 2 rings (SSSR count). The Morgan fingerprint density at radius 3 is 2.57 bits per heavy atom. The lowest BCUT2D eigenvalue weighted by Crippen LogP contribution is -2.23. The molecule has 0 aliphatic rings. The van der Waals surface area contributed by atoms with Crippen LogP contribution in [0.25, 0.3) is 0 Å². The van der Waals surface area contributed by atoms with Gasteiger partial charge in [-0.3, -0.25) is 0 Å². The van der Waals surface area contributed by atoms with E-state index in [-0.39, 0.29) is 22.0 Å². The van der Waals surface area contributed by atoms with Gasteiger partial charge in [0, 0.05) is 11.6 Å². The summed E-state index contributed by atoms with van der Waals surface area (Å²) in [4.78, 5) is -0.120. The molecular weight excluding hydrogens is 331 g/mol. The summed E-state index contributed by atoms with van der Waals surface area (Å²) in [6.07, 6.45) is 0. The third-order valence-corrected chi connectivity index (χ3v) is 4.82. The minimum absolute atomic E-state index is 0.0626. The second kappa shape index (κ2) is 6.46. The fourth-order valence-electron chi connectivity index (χ4n) is 1.68. The van der Waals surface area contributed by atoms with Gasteiger partial charge < -0.3 is 0 Å². The van der Waals surface area contributed by atoms with Gasteiger partial charge in [-0.05, 0) is 35.9 Å². The predicted molar refractivity (Wildman–Crippen MR) is 81.6 cm³/mol. The van der Waals surface area contributed by atoms with Crippen molar-refractivity contribution in [2.45, 2.75) is 11.4 Å². The molecule has 2 aromatic rings. The Labute approximate surface area is 133 Å². The minimum Gasteiger partial charge on any atom is -0.207 e. The molecule has 7 heteroatoms. The van der Waals surface area contributed by atoms with E-state index >= 15 is 0 Å². The summed E-state index contributed by atoms with van der Waals surface area (Å²) in [5.74, 6) is 0. The molecule has 0 saturated carbocycles. The lowest BCUT2D eigenvalue weighted by atomic mass is 10.2. The summed E-state index contributed by atoms with van der Waals surface area (Å²) >= 11 is 11.7. The Hall–Kier alpha value is -1.58. The molecule has 108 valence electrons. The summed E-state index contributed by atoms with van der Waals surface area (Å²) < 4.78 is 26.9. The molecular formula is C14H10Cl2N2O2S. The van der Waals surface area contributed by atoms with Crippen LogP contribution < -0.4 is 4.72 Å². The highest BCUT2D eigenvalue weighted by Crippen LogP contribution is 2.22. The van der Waals surface area contributed by atoms with E-state index in [2.05, 4.69) is 4.72 Å². The fourth-order valence-corrected chi connectivity index (χ4v) is 3.44. The highest BCUT2D eigenvalue weighted by Gasteiger charge is 2.18. The number of nitriles is 1. The van der Waals surface area contributed by atoms with Crippen LogP contribution in [0.1, 0.15) is 11.1 Å². The molecule has 1 N–H and O–H groups in total. The van der Waals surface area contributed by atoms with Crippen molar-refractivity contribution in [1.29, 1.82) is 5.26 Å². The van der Waals surface area contributed by atoms with Crippen LogP contribution in [0, 0.1) is 11.3 Å². The zero-order valence-corrected chi connectivity index (χ0v) is 13.0. The summed E-state index contributed by atoms with van der Waals surface area (Å²) in [6, 6.07) is 12.8. The van der Waals surface area contributed by atoms with Gasteiger partial charge in [0.25, 0.3) is 0 Å². The van der Waals surface area contributed by atoms with Gasteiger partial charge in [-0.15, -0.1) is 0 Å². The van der Waals surface area contributed by atoms with Crippen LogP contribution in [0.15, 0.2) is 47.4 Å². The lowest BCUT2D eigenvalue weighted by molar-refractivity contribution is 0.581. The minimum atomic E-state index is -3.81. The van der Waals surface area contributed by atoms with Crippen LogP contribution in [0.2, 0.25) is 10.0 Å². The number of sulfonamides is 1. The smallest absolute Gasteiger partial charge is 0.207 e. The highest BCUT2D eigenvalue weighted by atomic mass is 35.5. The van der Waals surface area contributed by atoms with E-state index in [0.29, 0.717) is 5.02 Å². The Balaban J connectivity index is 2.25. The zero-order chi connectivity index (χ0) is 15.5. The van der Waals surface area contributed by atoms with Gasteiger partial charge in [0.1, 0.15) is 4.90 Å². The standard InChI is InChI=1S/C14H10Cl2N2O2S/c15-12-3-1-2-11(6-12)9-18-21(19,20)14-7-10(8-17)4-5-13(14)16/h1-7,18H,9H2. The van der Waals surface area contributed by atoms with Gasteiger partial charge in [0.05, 0.1) is 16.7 Å². The second-order valence-electron chi connectivity index (χ2n) is 4.21. The first-order valence-corrected chi connectivity index (χ1v) is 8.10. The predicted octanol–water partition coefficient (Wildman–Crippen LogP) is 3.34. The molecule has 0 radical (unpaired) electrons. The molecule has 0 aromatic heterocycles. The summed E-state index contributed by atoms with van der Waals surface area (Å²) in [7, 11) is -3.81. The van der Waals surface area contributed by atoms with Gasteiger partial charge in [-0.2, -0.15) is 5.26 Å². The first-order chi connectivity index (χ1) is 9.92. The molecule has 0 bridgehead atoms. The van der Waals surface area contributed by atoms with Crippen molar-refractivity contribution in [3.8, 4) is 6.07 Å². The molecule has 0 spiro atoms. The summed E-state index contributed by atoms with van der Waals surface area (Å²) in [5, 5.41) is 9.42. The largest absolute Gasteiger partial charge is 0.242 e. The first kappa shape index (κ1) is 15.8. The molecule has 0 atom stereocenters. The van der Waals surface area contributed by atoms with E-state index in [9.17, 15) is 8.42 Å². The maximum atomic E-state index is 12.2. The van der Waals surface area contributed by atoms with E-state index in [1.807, 2.05) is 6.07 Å². The Bertz CT molecular complexity index is 814. The van der Waals surface area contributed by atoms with Crippen LogP contribution >= 0.6 is 23.2 Å². The number of halogens is 2. The van der Waals surface area contributed by atoms with Crippen molar-refractivity contribution in [2.24, 2.45) is 0 Å². The molecule has 0 unspecified atom stereocenters. The molecule has 0 fully saturated rings. The number of nitrogens with one attached hydrogen (secondary N) is 1.